The number of hydrogen-bond donors (Lipinski definition) is 0. The van der Waals surface area contributed by atoms with Crippen molar-refractivity contribution in [1.82, 2.24) is 9.55 Å². The van der Waals surface area contributed by atoms with Gasteiger partial charge in [0.1, 0.15) is 17.2 Å². The SMILES string of the molecule is Cn1c(CC2([N+](=O)[O-])CCCCCC2)nc2c1C(=O)c1ccccc1C2=O. The standard InChI is InChI=1S/C20H21N3O4/c1-22-15(12-20(23(26)27)10-6-2-3-7-11-20)21-16-17(22)19(25)14-9-5-4-8-13(14)18(16)24/h4-5,8-9H,2-3,6-7,10-12H2,1H3. The van der Waals surface area contributed by atoms with Crippen molar-refractivity contribution in [2.75, 3.05) is 0 Å². The molecule has 2 aliphatic rings. The van der Waals surface area contributed by atoms with E-state index in [9.17, 15) is 19.7 Å². The number of nitrogens with zero attached hydrogens (tertiary/aromatic N) is 3. The molecule has 1 aromatic carbocycles. The summed E-state index contributed by atoms with van der Waals surface area (Å²) in [5.74, 6) is -0.108. The summed E-state index contributed by atoms with van der Waals surface area (Å²) in [6, 6.07) is 6.69. The van der Waals surface area contributed by atoms with Gasteiger partial charge in [-0.3, -0.25) is 19.7 Å². The van der Waals surface area contributed by atoms with Gasteiger partial charge in [-0.1, -0.05) is 37.1 Å². The second kappa shape index (κ2) is 6.40. The van der Waals surface area contributed by atoms with Crippen LogP contribution >= 0.6 is 0 Å². The number of carbonyl (C=O) groups excluding carboxylic acids is 2. The van der Waals surface area contributed by atoms with Crippen LogP contribution in [0, 0.1) is 10.1 Å². The number of carbonyl (C=O) groups is 2. The van der Waals surface area contributed by atoms with Crippen LogP contribution in [0.2, 0.25) is 0 Å². The predicted octanol–water partition coefficient (Wildman–Crippen LogP) is 3.11. The molecule has 0 atom stereocenters. The molecule has 1 aromatic heterocycles. The summed E-state index contributed by atoms with van der Waals surface area (Å²) in [6.45, 7) is 0. The Balaban J connectivity index is 1.77. The second-order valence-corrected chi connectivity index (χ2v) is 7.56. The van der Waals surface area contributed by atoms with E-state index in [1.807, 2.05) is 0 Å². The van der Waals surface area contributed by atoms with Crippen LogP contribution in [0.1, 0.15) is 76.5 Å². The van der Waals surface area contributed by atoms with E-state index >= 15 is 0 Å². The fraction of sp³-hybridized carbons (Fsp3) is 0.450. The molecule has 140 valence electrons. The number of fused-ring (bicyclic) bond motifs is 2. The van der Waals surface area contributed by atoms with Gasteiger partial charge in [0.2, 0.25) is 17.1 Å². The molecular formula is C20H21N3O4. The van der Waals surface area contributed by atoms with Gasteiger partial charge in [0.15, 0.2) is 0 Å². The lowest BCUT2D eigenvalue weighted by Crippen LogP contribution is -2.41. The molecule has 0 spiro atoms. The summed E-state index contributed by atoms with van der Waals surface area (Å²) >= 11 is 0. The Morgan fingerprint density at radius 3 is 2.26 bits per heavy atom. The topological polar surface area (TPSA) is 95.1 Å². The molecule has 1 fully saturated rings. The smallest absolute Gasteiger partial charge is 0.229 e. The number of rotatable bonds is 3. The van der Waals surface area contributed by atoms with Gasteiger partial charge in [-0.25, -0.2) is 4.98 Å². The molecule has 7 heteroatoms. The Labute approximate surface area is 156 Å². The molecule has 0 saturated heterocycles. The summed E-state index contributed by atoms with van der Waals surface area (Å²) in [5.41, 5.74) is -0.0118. The minimum Gasteiger partial charge on any atom is -0.328 e. The van der Waals surface area contributed by atoms with Crippen LogP contribution < -0.4 is 0 Å². The van der Waals surface area contributed by atoms with Crippen LogP contribution in [0.25, 0.3) is 0 Å². The highest BCUT2D eigenvalue weighted by Crippen LogP contribution is 2.34. The maximum atomic E-state index is 12.9. The van der Waals surface area contributed by atoms with Crippen molar-refractivity contribution in [3.05, 3.63) is 62.7 Å². The normalized spacial score (nSPS) is 18.6. The Kier molecular flexibility index (Phi) is 4.17. The van der Waals surface area contributed by atoms with Gasteiger partial charge in [-0.2, -0.15) is 0 Å². The highest BCUT2D eigenvalue weighted by Gasteiger charge is 2.45. The van der Waals surface area contributed by atoms with Crippen LogP contribution in [0.3, 0.4) is 0 Å². The molecule has 2 aliphatic carbocycles. The first-order valence-electron chi connectivity index (χ1n) is 9.33. The molecule has 1 saturated carbocycles. The number of aromatic nitrogens is 2. The molecule has 7 nitrogen and oxygen atoms in total. The van der Waals surface area contributed by atoms with Gasteiger partial charge < -0.3 is 4.57 Å². The van der Waals surface area contributed by atoms with Gasteiger partial charge in [0.25, 0.3) is 0 Å². The molecular weight excluding hydrogens is 346 g/mol. The lowest BCUT2D eigenvalue weighted by molar-refractivity contribution is -0.572. The third kappa shape index (κ3) is 2.69. The first kappa shape index (κ1) is 17.6. The largest absolute Gasteiger partial charge is 0.328 e. The average molecular weight is 367 g/mol. The van der Waals surface area contributed by atoms with E-state index in [1.165, 1.54) is 0 Å². The molecule has 1 heterocycles. The number of imidazole rings is 1. The minimum atomic E-state index is -1.07. The van der Waals surface area contributed by atoms with Crippen molar-refractivity contribution in [1.29, 1.82) is 0 Å². The number of nitro groups is 1. The van der Waals surface area contributed by atoms with E-state index in [1.54, 1.807) is 35.9 Å². The minimum absolute atomic E-state index is 0.114. The highest BCUT2D eigenvalue weighted by molar-refractivity contribution is 6.27. The molecule has 0 radical (unpaired) electrons. The Hall–Kier alpha value is -2.83. The van der Waals surface area contributed by atoms with Crippen LogP contribution in [0.4, 0.5) is 0 Å². The van der Waals surface area contributed by atoms with Crippen molar-refractivity contribution >= 4 is 11.6 Å². The molecule has 2 aromatic rings. The third-order valence-corrected chi connectivity index (χ3v) is 5.94. The molecule has 0 unspecified atom stereocenters. The van der Waals surface area contributed by atoms with Gasteiger partial charge >= 0.3 is 0 Å². The van der Waals surface area contributed by atoms with E-state index < -0.39 is 5.54 Å². The summed E-state index contributed by atoms with van der Waals surface area (Å²) in [7, 11) is 1.67. The highest BCUT2D eigenvalue weighted by atomic mass is 16.6. The van der Waals surface area contributed by atoms with Crippen molar-refractivity contribution < 1.29 is 14.5 Å². The fourth-order valence-corrected chi connectivity index (χ4v) is 4.36. The molecule has 0 amide bonds. The molecule has 0 aliphatic heterocycles. The number of ketones is 2. The molecule has 4 rings (SSSR count). The Morgan fingerprint density at radius 2 is 1.67 bits per heavy atom. The van der Waals surface area contributed by atoms with Crippen molar-refractivity contribution in [2.24, 2.45) is 7.05 Å². The number of hydrogen-bond acceptors (Lipinski definition) is 5. The van der Waals surface area contributed by atoms with Gasteiger partial charge in [-0.05, 0) is 12.8 Å². The summed E-state index contributed by atoms with van der Waals surface area (Å²) in [5, 5.41) is 11.9. The molecule has 0 bridgehead atoms. The van der Waals surface area contributed by atoms with Crippen molar-refractivity contribution in [3.63, 3.8) is 0 Å². The zero-order valence-corrected chi connectivity index (χ0v) is 15.2. The van der Waals surface area contributed by atoms with Crippen LogP contribution in [0.15, 0.2) is 24.3 Å². The van der Waals surface area contributed by atoms with E-state index in [0.29, 0.717) is 29.8 Å². The quantitative estimate of drug-likeness (QED) is 0.403. The van der Waals surface area contributed by atoms with E-state index in [4.69, 9.17) is 0 Å². The maximum absolute atomic E-state index is 12.9. The maximum Gasteiger partial charge on any atom is 0.229 e. The second-order valence-electron chi connectivity index (χ2n) is 7.56. The third-order valence-electron chi connectivity index (χ3n) is 5.94. The lowest BCUT2D eigenvalue weighted by atomic mass is 9.87. The van der Waals surface area contributed by atoms with Crippen LogP contribution in [-0.2, 0) is 13.5 Å². The summed E-state index contributed by atoms with van der Waals surface area (Å²) in [4.78, 5) is 41.9. The molecule has 0 N–H and O–H groups in total. The first-order valence-corrected chi connectivity index (χ1v) is 9.33. The zero-order chi connectivity index (χ0) is 19.2. The fourth-order valence-electron chi connectivity index (χ4n) is 4.36. The van der Waals surface area contributed by atoms with Crippen molar-refractivity contribution in [3.8, 4) is 0 Å². The zero-order valence-electron chi connectivity index (χ0n) is 15.2. The molecule has 27 heavy (non-hydrogen) atoms. The van der Waals surface area contributed by atoms with Crippen LogP contribution in [0.5, 0.6) is 0 Å². The summed E-state index contributed by atoms with van der Waals surface area (Å²) in [6.07, 6.45) is 4.76. The van der Waals surface area contributed by atoms with Crippen LogP contribution in [-0.4, -0.2) is 31.6 Å². The average Bonchev–Trinajstić information content (AvgIpc) is 2.83. The Morgan fingerprint density at radius 1 is 1.07 bits per heavy atom. The lowest BCUT2D eigenvalue weighted by Gasteiger charge is -2.23. The van der Waals surface area contributed by atoms with E-state index in [2.05, 4.69) is 4.98 Å². The summed E-state index contributed by atoms with van der Waals surface area (Å²) < 4.78 is 1.58. The monoisotopic (exact) mass is 367 g/mol. The number of benzene rings is 1. The van der Waals surface area contributed by atoms with Crippen molar-refractivity contribution in [2.45, 2.75) is 50.5 Å². The van der Waals surface area contributed by atoms with E-state index in [0.717, 1.165) is 25.7 Å². The van der Waals surface area contributed by atoms with Gasteiger partial charge in [0, 0.05) is 35.9 Å². The van der Waals surface area contributed by atoms with E-state index in [-0.39, 0.29) is 34.3 Å². The van der Waals surface area contributed by atoms with Gasteiger partial charge in [0.05, 0.1) is 6.42 Å². The predicted molar refractivity (Wildman–Crippen MR) is 97.6 cm³/mol. The first-order chi connectivity index (χ1) is 12.9. The van der Waals surface area contributed by atoms with Gasteiger partial charge in [-0.15, -0.1) is 0 Å². The Bertz CT molecular complexity index is 952.